The molecule has 0 unspecified atom stereocenters. The number of ether oxygens (including phenoxy) is 2. The van der Waals surface area contributed by atoms with E-state index < -0.39 is 0 Å². The van der Waals surface area contributed by atoms with Gasteiger partial charge in [-0.05, 0) is 23.8 Å². The smallest absolute Gasteiger partial charge is 0.205 e. The first-order valence-corrected chi connectivity index (χ1v) is 7.20. The molecule has 0 amide bonds. The van der Waals surface area contributed by atoms with Crippen molar-refractivity contribution in [1.29, 1.82) is 5.26 Å². The zero-order valence-corrected chi connectivity index (χ0v) is 13.3. The summed E-state index contributed by atoms with van der Waals surface area (Å²) in [6, 6.07) is 12.3. The normalized spacial score (nSPS) is 12.9. The topological polar surface area (TPSA) is 59.3 Å². The fraction of sp³-hybridized carbons (Fsp3) is 0.111. The van der Waals surface area contributed by atoms with E-state index in [2.05, 4.69) is 0 Å². The lowest BCUT2D eigenvalue weighted by Crippen LogP contribution is -1.99. The Morgan fingerprint density at radius 1 is 1.09 bits per heavy atom. The van der Waals surface area contributed by atoms with E-state index in [1.165, 1.54) is 14.2 Å². The van der Waals surface area contributed by atoms with Crippen LogP contribution in [0.4, 0.5) is 0 Å². The summed E-state index contributed by atoms with van der Waals surface area (Å²) >= 11 is 5.93. The second-order valence-electron chi connectivity index (χ2n) is 4.95. The van der Waals surface area contributed by atoms with Crippen LogP contribution in [0.1, 0.15) is 21.5 Å². The van der Waals surface area contributed by atoms with Gasteiger partial charge in [-0.2, -0.15) is 5.26 Å². The Bertz CT molecular complexity index is 876. The Morgan fingerprint density at radius 3 is 2.35 bits per heavy atom. The third kappa shape index (κ3) is 2.36. The van der Waals surface area contributed by atoms with Crippen molar-refractivity contribution < 1.29 is 14.3 Å². The van der Waals surface area contributed by atoms with Gasteiger partial charge in [0, 0.05) is 27.8 Å². The van der Waals surface area contributed by atoms with E-state index in [0.717, 1.165) is 5.56 Å². The van der Waals surface area contributed by atoms with Gasteiger partial charge >= 0.3 is 0 Å². The Morgan fingerprint density at radius 2 is 1.78 bits per heavy atom. The predicted molar refractivity (Wildman–Crippen MR) is 87.0 cm³/mol. The Hall–Kier alpha value is -2.77. The van der Waals surface area contributed by atoms with Gasteiger partial charge in [0.05, 0.1) is 14.2 Å². The van der Waals surface area contributed by atoms with Crippen LogP contribution in [0, 0.1) is 11.3 Å². The molecule has 0 radical (unpaired) electrons. The lowest BCUT2D eigenvalue weighted by Gasteiger charge is -2.12. The molecular weight excluding hydrogens is 314 g/mol. The number of hydrogen-bond acceptors (Lipinski definition) is 4. The first-order valence-electron chi connectivity index (χ1n) is 6.82. The van der Waals surface area contributed by atoms with E-state index >= 15 is 0 Å². The van der Waals surface area contributed by atoms with Crippen molar-refractivity contribution in [2.24, 2.45) is 0 Å². The molecule has 0 spiro atoms. The largest absolute Gasteiger partial charge is 0.497 e. The van der Waals surface area contributed by atoms with Crippen LogP contribution in [0.3, 0.4) is 0 Å². The van der Waals surface area contributed by atoms with Gasteiger partial charge in [-0.3, -0.25) is 4.79 Å². The van der Waals surface area contributed by atoms with Crippen LogP contribution in [-0.4, -0.2) is 20.0 Å². The highest BCUT2D eigenvalue weighted by Crippen LogP contribution is 2.44. The molecule has 0 atom stereocenters. The van der Waals surface area contributed by atoms with Crippen LogP contribution in [0.25, 0.3) is 5.57 Å². The molecule has 0 saturated heterocycles. The number of nitriles is 1. The van der Waals surface area contributed by atoms with E-state index in [1.807, 2.05) is 6.07 Å². The minimum Gasteiger partial charge on any atom is -0.497 e. The number of hydrogen-bond donors (Lipinski definition) is 0. The molecule has 0 heterocycles. The first kappa shape index (κ1) is 15.1. The number of carbonyl (C=O) groups excluding carboxylic acids is 1. The maximum Gasteiger partial charge on any atom is 0.205 e. The van der Waals surface area contributed by atoms with Crippen LogP contribution in [-0.2, 0) is 0 Å². The van der Waals surface area contributed by atoms with Gasteiger partial charge in [0.15, 0.2) is 0 Å². The van der Waals surface area contributed by atoms with E-state index in [1.54, 1.807) is 36.4 Å². The first-order chi connectivity index (χ1) is 11.1. The molecule has 0 N–H and O–H groups in total. The molecule has 0 aliphatic heterocycles. The fourth-order valence-electron chi connectivity index (χ4n) is 2.69. The standard InChI is InChI=1S/C18H12ClNO3/c1-22-12-7-13-17(15(8-12)23-2)16(14(9-20)18(13)21)10-3-5-11(19)6-4-10/h3-8H,1-2H3. The fourth-order valence-corrected chi connectivity index (χ4v) is 2.82. The lowest BCUT2D eigenvalue weighted by molar-refractivity contribution is 0.104. The van der Waals surface area contributed by atoms with E-state index in [-0.39, 0.29) is 11.4 Å². The van der Waals surface area contributed by atoms with Crippen LogP contribution in [0.2, 0.25) is 5.02 Å². The van der Waals surface area contributed by atoms with E-state index in [4.69, 9.17) is 21.1 Å². The van der Waals surface area contributed by atoms with Gasteiger partial charge in [-0.1, -0.05) is 23.7 Å². The van der Waals surface area contributed by atoms with Crippen molar-refractivity contribution in [1.82, 2.24) is 0 Å². The number of methoxy groups -OCH3 is 2. The molecular formula is C18H12ClNO3. The zero-order valence-electron chi connectivity index (χ0n) is 12.5. The Balaban J connectivity index is 2.32. The van der Waals surface area contributed by atoms with Crippen molar-refractivity contribution in [2.45, 2.75) is 0 Å². The number of nitrogens with zero attached hydrogens (tertiary/aromatic N) is 1. The molecule has 1 aliphatic rings. The van der Waals surface area contributed by atoms with Gasteiger partial charge in [0.2, 0.25) is 5.78 Å². The quantitative estimate of drug-likeness (QED) is 0.859. The van der Waals surface area contributed by atoms with E-state index in [9.17, 15) is 10.1 Å². The van der Waals surface area contributed by atoms with Crippen LogP contribution < -0.4 is 9.47 Å². The maximum absolute atomic E-state index is 12.6. The summed E-state index contributed by atoms with van der Waals surface area (Å²) in [5, 5.41) is 10.0. The SMILES string of the molecule is COc1cc(OC)c2c(c1)C(=O)C(C#N)=C2c1ccc(Cl)cc1. The number of rotatable bonds is 3. The number of halogens is 1. The molecule has 23 heavy (non-hydrogen) atoms. The molecule has 4 nitrogen and oxygen atoms in total. The number of allylic oxidation sites excluding steroid dienone is 1. The number of carbonyl (C=O) groups is 1. The third-order valence-corrected chi connectivity index (χ3v) is 4.00. The monoisotopic (exact) mass is 325 g/mol. The molecule has 0 fully saturated rings. The summed E-state index contributed by atoms with van der Waals surface area (Å²) in [5.41, 5.74) is 2.40. The maximum atomic E-state index is 12.6. The second kappa shape index (κ2) is 5.79. The average molecular weight is 326 g/mol. The van der Waals surface area contributed by atoms with Crippen LogP contribution in [0.5, 0.6) is 11.5 Å². The lowest BCUT2D eigenvalue weighted by atomic mass is 9.97. The average Bonchev–Trinajstić information content (AvgIpc) is 2.87. The van der Waals surface area contributed by atoms with Crippen LogP contribution >= 0.6 is 11.6 Å². The van der Waals surface area contributed by atoms with Crippen molar-refractivity contribution in [3.63, 3.8) is 0 Å². The highest BCUT2D eigenvalue weighted by Gasteiger charge is 2.34. The second-order valence-corrected chi connectivity index (χ2v) is 5.39. The molecule has 2 aromatic carbocycles. The molecule has 0 aromatic heterocycles. The molecule has 5 heteroatoms. The highest BCUT2D eigenvalue weighted by atomic mass is 35.5. The summed E-state index contributed by atoms with van der Waals surface area (Å²) in [6.07, 6.45) is 0. The summed E-state index contributed by atoms with van der Waals surface area (Å²) < 4.78 is 10.6. The summed E-state index contributed by atoms with van der Waals surface area (Å²) in [7, 11) is 3.03. The van der Waals surface area contributed by atoms with Crippen molar-refractivity contribution in [3.8, 4) is 17.6 Å². The minimum absolute atomic E-state index is 0.0916. The van der Waals surface area contributed by atoms with Gasteiger partial charge in [-0.25, -0.2) is 0 Å². The summed E-state index contributed by atoms with van der Waals surface area (Å²) in [5.74, 6) is 0.663. The predicted octanol–water partition coefficient (Wildman–Crippen LogP) is 3.88. The van der Waals surface area contributed by atoms with Gasteiger partial charge in [-0.15, -0.1) is 0 Å². The molecule has 0 bridgehead atoms. The Kier molecular flexibility index (Phi) is 3.81. The van der Waals surface area contributed by atoms with Gasteiger partial charge in [0.1, 0.15) is 23.1 Å². The minimum atomic E-state index is -0.329. The molecule has 1 aliphatic carbocycles. The number of Topliss-reactive ketones (excluding diaryl/α,β-unsaturated/α-hetero) is 1. The van der Waals surface area contributed by atoms with Gasteiger partial charge < -0.3 is 9.47 Å². The third-order valence-electron chi connectivity index (χ3n) is 3.75. The zero-order chi connectivity index (χ0) is 16.6. The number of benzene rings is 2. The summed E-state index contributed by atoms with van der Waals surface area (Å²) in [6.45, 7) is 0. The molecule has 3 rings (SSSR count). The highest BCUT2D eigenvalue weighted by molar-refractivity contribution is 6.30. The molecule has 2 aromatic rings. The molecule has 114 valence electrons. The van der Waals surface area contributed by atoms with Crippen molar-refractivity contribution in [3.05, 3.63) is 63.7 Å². The Labute approximate surface area is 138 Å². The summed E-state index contributed by atoms with van der Waals surface area (Å²) in [4.78, 5) is 12.6. The number of ketones is 1. The van der Waals surface area contributed by atoms with Gasteiger partial charge in [0.25, 0.3) is 0 Å². The van der Waals surface area contributed by atoms with E-state index in [0.29, 0.717) is 33.2 Å². The number of fused-ring (bicyclic) bond motifs is 1. The molecule has 0 saturated carbocycles. The van der Waals surface area contributed by atoms with Crippen molar-refractivity contribution >= 4 is 23.0 Å². The van der Waals surface area contributed by atoms with Crippen molar-refractivity contribution in [2.75, 3.05) is 14.2 Å². The van der Waals surface area contributed by atoms with Crippen LogP contribution in [0.15, 0.2) is 42.0 Å².